The molecule has 9 heteroatoms. The van der Waals surface area contributed by atoms with Crippen LogP contribution in [-0.2, 0) is 27.2 Å². The number of hydrogen-bond donors (Lipinski definition) is 2. The zero-order chi connectivity index (χ0) is 25.6. The first-order valence-corrected chi connectivity index (χ1v) is 11.4. The molecular formula is C26H34N4O5. The minimum absolute atomic E-state index is 0.0614. The number of benzene rings is 1. The van der Waals surface area contributed by atoms with E-state index >= 15 is 0 Å². The highest BCUT2D eigenvalue weighted by atomic mass is 16.5. The molecule has 0 unspecified atom stereocenters. The van der Waals surface area contributed by atoms with Crippen molar-refractivity contribution in [2.24, 2.45) is 5.41 Å². The van der Waals surface area contributed by atoms with Gasteiger partial charge < -0.3 is 29.4 Å². The zero-order valence-electron chi connectivity index (χ0n) is 21.2. The standard InChI is InChI=1S/C26H34N4O5/c1-26(2,3)16-28-18-13-20-22(29-21(31)15-33-4)23(25(32)35-6)30(24(20)27-14-18)12-11-17-7-9-19(34-5)10-8-17/h7-10,13-14,28H,11-12,15-16H2,1-6H3,(H,29,31). The summed E-state index contributed by atoms with van der Waals surface area (Å²) in [6.07, 6.45) is 2.37. The highest BCUT2D eigenvalue weighted by Gasteiger charge is 2.26. The first-order chi connectivity index (χ1) is 16.7. The molecule has 2 aromatic heterocycles. The van der Waals surface area contributed by atoms with E-state index in [1.807, 2.05) is 30.3 Å². The fourth-order valence-corrected chi connectivity index (χ4v) is 3.68. The summed E-state index contributed by atoms with van der Waals surface area (Å²) < 4.78 is 17.1. The highest BCUT2D eigenvalue weighted by Crippen LogP contribution is 2.33. The summed E-state index contributed by atoms with van der Waals surface area (Å²) in [5, 5.41) is 6.86. The topological polar surface area (TPSA) is 104 Å². The van der Waals surface area contributed by atoms with Gasteiger partial charge in [0.2, 0.25) is 5.91 Å². The molecule has 188 valence electrons. The summed E-state index contributed by atoms with van der Waals surface area (Å²) in [4.78, 5) is 30.0. The summed E-state index contributed by atoms with van der Waals surface area (Å²) in [7, 11) is 4.38. The lowest BCUT2D eigenvalue weighted by Gasteiger charge is -2.19. The van der Waals surface area contributed by atoms with Gasteiger partial charge >= 0.3 is 5.97 Å². The number of pyridine rings is 1. The Bertz CT molecular complexity index is 1180. The van der Waals surface area contributed by atoms with Crippen molar-refractivity contribution in [3.63, 3.8) is 0 Å². The second-order valence-electron chi connectivity index (χ2n) is 9.46. The second-order valence-corrected chi connectivity index (χ2v) is 9.46. The number of fused-ring (bicyclic) bond motifs is 1. The van der Waals surface area contributed by atoms with Crippen LogP contribution in [0.25, 0.3) is 11.0 Å². The molecule has 35 heavy (non-hydrogen) atoms. The Morgan fingerprint density at radius 2 is 1.80 bits per heavy atom. The number of ether oxygens (including phenoxy) is 3. The average Bonchev–Trinajstić information content (AvgIpc) is 3.13. The molecule has 0 spiro atoms. The number of carbonyl (C=O) groups excluding carboxylic acids is 2. The molecule has 0 bridgehead atoms. The van der Waals surface area contributed by atoms with Gasteiger partial charge in [-0.25, -0.2) is 9.78 Å². The smallest absolute Gasteiger partial charge is 0.356 e. The first-order valence-electron chi connectivity index (χ1n) is 11.4. The molecule has 1 aromatic carbocycles. The number of carbonyl (C=O) groups is 2. The van der Waals surface area contributed by atoms with Crippen LogP contribution in [0.2, 0.25) is 0 Å². The summed E-state index contributed by atoms with van der Waals surface area (Å²) >= 11 is 0. The van der Waals surface area contributed by atoms with Crippen LogP contribution >= 0.6 is 0 Å². The number of amides is 1. The Kier molecular flexibility index (Phi) is 8.34. The zero-order valence-corrected chi connectivity index (χ0v) is 21.2. The van der Waals surface area contributed by atoms with Gasteiger partial charge in [-0.2, -0.15) is 0 Å². The van der Waals surface area contributed by atoms with Crippen LogP contribution in [0.1, 0.15) is 36.8 Å². The van der Waals surface area contributed by atoms with Gasteiger partial charge in [0.25, 0.3) is 0 Å². The van der Waals surface area contributed by atoms with Crippen LogP contribution in [0.15, 0.2) is 36.5 Å². The number of aromatic nitrogens is 2. The van der Waals surface area contributed by atoms with Crippen molar-refractivity contribution < 1.29 is 23.8 Å². The van der Waals surface area contributed by atoms with Gasteiger partial charge in [0.1, 0.15) is 18.0 Å². The van der Waals surface area contributed by atoms with Crippen LogP contribution < -0.4 is 15.4 Å². The van der Waals surface area contributed by atoms with Crippen LogP contribution in [0.4, 0.5) is 11.4 Å². The Labute approximate surface area is 205 Å². The molecule has 1 amide bonds. The van der Waals surface area contributed by atoms with E-state index in [0.29, 0.717) is 29.7 Å². The van der Waals surface area contributed by atoms with Crippen molar-refractivity contribution in [3.05, 3.63) is 47.8 Å². The van der Waals surface area contributed by atoms with Crippen molar-refractivity contribution in [3.8, 4) is 5.75 Å². The number of nitrogens with one attached hydrogen (secondary N) is 2. The van der Waals surface area contributed by atoms with Gasteiger partial charge in [0, 0.05) is 25.6 Å². The van der Waals surface area contributed by atoms with Gasteiger partial charge in [-0.3, -0.25) is 4.79 Å². The molecule has 2 N–H and O–H groups in total. The number of hydrogen-bond acceptors (Lipinski definition) is 7. The minimum Gasteiger partial charge on any atom is -0.497 e. The molecule has 0 aliphatic carbocycles. The van der Waals surface area contributed by atoms with Crippen molar-refractivity contribution in [2.45, 2.75) is 33.7 Å². The van der Waals surface area contributed by atoms with Gasteiger partial charge in [-0.1, -0.05) is 32.9 Å². The van der Waals surface area contributed by atoms with Gasteiger partial charge in [0.15, 0.2) is 5.69 Å². The lowest BCUT2D eigenvalue weighted by Crippen LogP contribution is -2.20. The number of nitrogens with zero attached hydrogens (tertiary/aromatic N) is 2. The van der Waals surface area contributed by atoms with Crippen LogP contribution in [0.3, 0.4) is 0 Å². The highest BCUT2D eigenvalue weighted by molar-refractivity contribution is 6.11. The number of rotatable bonds is 10. The van der Waals surface area contributed by atoms with Crippen molar-refractivity contribution in [1.82, 2.24) is 9.55 Å². The SMILES string of the molecule is COCC(=O)Nc1c(C(=O)OC)n(CCc2ccc(OC)cc2)c2ncc(NCC(C)(C)C)cc12. The van der Waals surface area contributed by atoms with Crippen LogP contribution in [0.5, 0.6) is 5.75 Å². The van der Waals surface area contributed by atoms with Crippen LogP contribution in [-0.4, -0.2) is 55.9 Å². The van der Waals surface area contributed by atoms with Gasteiger partial charge in [-0.05, 0) is 35.6 Å². The third kappa shape index (κ3) is 6.51. The fraction of sp³-hybridized carbons (Fsp3) is 0.423. The summed E-state index contributed by atoms with van der Waals surface area (Å²) in [6, 6.07) is 9.64. The molecule has 0 fully saturated rings. The van der Waals surface area contributed by atoms with E-state index in [0.717, 1.165) is 23.5 Å². The molecule has 2 heterocycles. The summed E-state index contributed by atoms with van der Waals surface area (Å²) in [5.74, 6) is -0.162. The Morgan fingerprint density at radius 1 is 1.09 bits per heavy atom. The van der Waals surface area contributed by atoms with E-state index in [1.165, 1.54) is 14.2 Å². The van der Waals surface area contributed by atoms with Crippen molar-refractivity contribution in [2.75, 3.05) is 45.1 Å². The lowest BCUT2D eigenvalue weighted by atomic mass is 9.97. The molecule has 0 aliphatic rings. The molecule has 9 nitrogen and oxygen atoms in total. The third-order valence-electron chi connectivity index (χ3n) is 5.42. The van der Waals surface area contributed by atoms with E-state index in [4.69, 9.17) is 14.2 Å². The summed E-state index contributed by atoms with van der Waals surface area (Å²) in [6.45, 7) is 7.44. The van der Waals surface area contributed by atoms with Gasteiger partial charge in [-0.15, -0.1) is 0 Å². The number of anilines is 2. The van der Waals surface area contributed by atoms with E-state index in [-0.39, 0.29) is 23.6 Å². The largest absolute Gasteiger partial charge is 0.497 e. The molecule has 0 saturated carbocycles. The van der Waals surface area contributed by atoms with E-state index in [2.05, 4.69) is 36.4 Å². The molecule has 3 aromatic rings. The molecule has 0 atom stereocenters. The fourth-order valence-electron chi connectivity index (χ4n) is 3.68. The maximum atomic E-state index is 12.9. The molecule has 0 saturated heterocycles. The van der Waals surface area contributed by atoms with Crippen molar-refractivity contribution >= 4 is 34.3 Å². The normalized spacial score (nSPS) is 11.4. The third-order valence-corrected chi connectivity index (χ3v) is 5.42. The minimum atomic E-state index is -0.561. The predicted molar refractivity (Wildman–Crippen MR) is 136 cm³/mol. The molecular weight excluding hydrogens is 448 g/mol. The van der Waals surface area contributed by atoms with E-state index in [1.54, 1.807) is 17.9 Å². The molecule has 3 rings (SSSR count). The maximum Gasteiger partial charge on any atom is 0.356 e. The maximum absolute atomic E-state index is 12.9. The number of esters is 1. The van der Waals surface area contributed by atoms with Gasteiger partial charge in [0.05, 0.1) is 31.8 Å². The Morgan fingerprint density at radius 3 is 2.40 bits per heavy atom. The lowest BCUT2D eigenvalue weighted by molar-refractivity contribution is -0.119. The molecule has 0 radical (unpaired) electrons. The first kappa shape index (κ1) is 26.0. The summed E-state index contributed by atoms with van der Waals surface area (Å²) in [5.41, 5.74) is 3.09. The van der Waals surface area contributed by atoms with E-state index in [9.17, 15) is 9.59 Å². The predicted octanol–water partition coefficient (Wildman–Crippen LogP) is 4.12. The van der Waals surface area contributed by atoms with Crippen molar-refractivity contribution in [1.29, 1.82) is 0 Å². The number of methoxy groups -OCH3 is 3. The van der Waals surface area contributed by atoms with E-state index < -0.39 is 5.97 Å². The Balaban J connectivity index is 2.07. The Hall–Kier alpha value is -3.59. The second kappa shape index (κ2) is 11.2. The average molecular weight is 483 g/mol. The number of aryl methyl sites for hydroxylation is 2. The quantitative estimate of drug-likeness (QED) is 0.419. The monoisotopic (exact) mass is 482 g/mol. The molecule has 0 aliphatic heterocycles. The van der Waals surface area contributed by atoms with Crippen LogP contribution in [0, 0.1) is 5.41 Å².